The average Bonchev–Trinajstić information content (AvgIpc) is 2.45. The second kappa shape index (κ2) is 6.76. The minimum atomic E-state index is -0.0532. The molecular formula is C17H19BrN2O. The van der Waals surface area contributed by atoms with E-state index in [1.165, 1.54) is 0 Å². The highest BCUT2D eigenvalue weighted by atomic mass is 79.9. The maximum Gasteiger partial charge on any atom is 0.243 e. The zero-order valence-electron chi connectivity index (χ0n) is 12.5. The van der Waals surface area contributed by atoms with Crippen LogP contribution in [-0.2, 0) is 4.79 Å². The summed E-state index contributed by atoms with van der Waals surface area (Å²) >= 11 is 3.54. The van der Waals surface area contributed by atoms with Crippen LogP contribution in [0.25, 0.3) is 0 Å². The molecule has 0 fully saturated rings. The third-order valence-electron chi connectivity index (χ3n) is 3.31. The van der Waals surface area contributed by atoms with Gasteiger partial charge in [-0.25, -0.2) is 0 Å². The molecule has 0 aliphatic heterocycles. The van der Waals surface area contributed by atoms with Gasteiger partial charge in [0.15, 0.2) is 0 Å². The van der Waals surface area contributed by atoms with Crippen molar-refractivity contribution >= 4 is 33.2 Å². The minimum absolute atomic E-state index is 0.0532. The number of para-hydroxylation sites is 1. The second-order valence-corrected chi connectivity index (χ2v) is 5.93. The summed E-state index contributed by atoms with van der Waals surface area (Å²) in [5.74, 6) is -0.0532. The van der Waals surface area contributed by atoms with E-state index < -0.39 is 0 Å². The van der Waals surface area contributed by atoms with Crippen molar-refractivity contribution in [1.29, 1.82) is 0 Å². The summed E-state index contributed by atoms with van der Waals surface area (Å²) < 4.78 is 1.11. The van der Waals surface area contributed by atoms with Gasteiger partial charge in [0.25, 0.3) is 0 Å². The van der Waals surface area contributed by atoms with Crippen LogP contribution in [0.2, 0.25) is 0 Å². The Morgan fingerprint density at radius 2 is 1.67 bits per heavy atom. The van der Waals surface area contributed by atoms with E-state index in [2.05, 4.69) is 26.6 Å². The Morgan fingerprint density at radius 3 is 2.29 bits per heavy atom. The monoisotopic (exact) mass is 346 g/mol. The van der Waals surface area contributed by atoms with Crippen LogP contribution in [0.15, 0.2) is 40.9 Å². The SMILES string of the molecule is Cc1ccccc1NC(=O)CNc1cc(C)c(Br)c(C)c1. The van der Waals surface area contributed by atoms with Gasteiger partial charge in [-0.05, 0) is 55.7 Å². The molecule has 0 unspecified atom stereocenters. The third-order valence-corrected chi connectivity index (χ3v) is 4.56. The van der Waals surface area contributed by atoms with Gasteiger partial charge in [0, 0.05) is 15.8 Å². The number of carbonyl (C=O) groups excluding carboxylic acids is 1. The lowest BCUT2D eigenvalue weighted by molar-refractivity contribution is -0.114. The second-order valence-electron chi connectivity index (χ2n) is 5.14. The molecule has 0 radical (unpaired) electrons. The molecule has 0 atom stereocenters. The number of aryl methyl sites for hydroxylation is 3. The van der Waals surface area contributed by atoms with Crippen molar-refractivity contribution in [3.63, 3.8) is 0 Å². The molecule has 0 aliphatic carbocycles. The van der Waals surface area contributed by atoms with Crippen molar-refractivity contribution in [2.24, 2.45) is 0 Å². The van der Waals surface area contributed by atoms with Crippen LogP contribution in [0.5, 0.6) is 0 Å². The maximum atomic E-state index is 12.0. The molecule has 3 nitrogen and oxygen atoms in total. The van der Waals surface area contributed by atoms with E-state index >= 15 is 0 Å². The lowest BCUT2D eigenvalue weighted by Gasteiger charge is -2.12. The molecule has 0 bridgehead atoms. The summed E-state index contributed by atoms with van der Waals surface area (Å²) in [6.07, 6.45) is 0. The molecular weight excluding hydrogens is 328 g/mol. The summed E-state index contributed by atoms with van der Waals surface area (Å²) in [6, 6.07) is 11.8. The number of hydrogen-bond donors (Lipinski definition) is 2. The number of halogens is 1. The Labute approximate surface area is 133 Å². The van der Waals surface area contributed by atoms with E-state index in [-0.39, 0.29) is 12.5 Å². The van der Waals surface area contributed by atoms with Crippen LogP contribution in [0, 0.1) is 20.8 Å². The van der Waals surface area contributed by atoms with Gasteiger partial charge in [-0.2, -0.15) is 0 Å². The first-order valence-corrected chi connectivity index (χ1v) is 7.63. The summed E-state index contributed by atoms with van der Waals surface area (Å²) in [5.41, 5.74) is 5.16. The average molecular weight is 347 g/mol. The first kappa shape index (κ1) is 15.6. The van der Waals surface area contributed by atoms with Gasteiger partial charge in [0.2, 0.25) is 5.91 Å². The van der Waals surface area contributed by atoms with Gasteiger partial charge < -0.3 is 10.6 Å². The highest BCUT2D eigenvalue weighted by Crippen LogP contribution is 2.24. The molecule has 2 aromatic rings. The van der Waals surface area contributed by atoms with Crippen LogP contribution >= 0.6 is 15.9 Å². The number of amides is 1. The maximum absolute atomic E-state index is 12.0. The topological polar surface area (TPSA) is 41.1 Å². The number of hydrogen-bond acceptors (Lipinski definition) is 2. The van der Waals surface area contributed by atoms with Gasteiger partial charge in [0.1, 0.15) is 0 Å². The fraction of sp³-hybridized carbons (Fsp3) is 0.235. The fourth-order valence-corrected chi connectivity index (χ4v) is 2.37. The summed E-state index contributed by atoms with van der Waals surface area (Å²) in [6.45, 7) is 6.30. The van der Waals surface area contributed by atoms with E-state index in [1.54, 1.807) is 0 Å². The van der Waals surface area contributed by atoms with Crippen molar-refractivity contribution in [2.45, 2.75) is 20.8 Å². The van der Waals surface area contributed by atoms with Crippen LogP contribution < -0.4 is 10.6 Å². The van der Waals surface area contributed by atoms with Crippen LogP contribution in [0.1, 0.15) is 16.7 Å². The summed E-state index contributed by atoms with van der Waals surface area (Å²) in [5, 5.41) is 6.07. The Bertz CT molecular complexity index is 645. The number of anilines is 2. The van der Waals surface area contributed by atoms with E-state index in [0.717, 1.165) is 32.5 Å². The van der Waals surface area contributed by atoms with Gasteiger partial charge in [-0.1, -0.05) is 34.1 Å². The molecule has 2 aromatic carbocycles. The van der Waals surface area contributed by atoms with E-state index in [0.29, 0.717) is 0 Å². The van der Waals surface area contributed by atoms with Gasteiger partial charge in [-0.15, -0.1) is 0 Å². The minimum Gasteiger partial charge on any atom is -0.376 e. The van der Waals surface area contributed by atoms with E-state index in [1.807, 2.05) is 57.2 Å². The zero-order valence-corrected chi connectivity index (χ0v) is 14.0. The van der Waals surface area contributed by atoms with Gasteiger partial charge in [0.05, 0.1) is 6.54 Å². The normalized spacial score (nSPS) is 10.3. The molecule has 110 valence electrons. The molecule has 0 heterocycles. The smallest absolute Gasteiger partial charge is 0.243 e. The molecule has 2 rings (SSSR count). The molecule has 0 spiro atoms. The van der Waals surface area contributed by atoms with Gasteiger partial charge >= 0.3 is 0 Å². The zero-order chi connectivity index (χ0) is 15.4. The Kier molecular flexibility index (Phi) is 5.02. The molecule has 21 heavy (non-hydrogen) atoms. The van der Waals surface area contributed by atoms with E-state index in [4.69, 9.17) is 0 Å². The van der Waals surface area contributed by atoms with Crippen molar-refractivity contribution in [3.8, 4) is 0 Å². The summed E-state index contributed by atoms with van der Waals surface area (Å²) in [4.78, 5) is 12.0. The summed E-state index contributed by atoms with van der Waals surface area (Å²) in [7, 11) is 0. The van der Waals surface area contributed by atoms with Crippen molar-refractivity contribution in [1.82, 2.24) is 0 Å². The Morgan fingerprint density at radius 1 is 1.05 bits per heavy atom. The standard InChI is InChI=1S/C17H19BrN2O/c1-11-6-4-5-7-15(11)20-16(21)10-19-14-8-12(2)17(18)13(3)9-14/h4-9,19H,10H2,1-3H3,(H,20,21). The Hall–Kier alpha value is -1.81. The molecule has 0 aliphatic rings. The largest absolute Gasteiger partial charge is 0.376 e. The predicted molar refractivity (Wildman–Crippen MR) is 91.9 cm³/mol. The predicted octanol–water partition coefficient (Wildman–Crippen LogP) is 4.42. The molecule has 0 saturated heterocycles. The third kappa shape index (κ3) is 4.08. The quantitative estimate of drug-likeness (QED) is 0.859. The molecule has 0 aromatic heterocycles. The number of rotatable bonds is 4. The first-order chi connectivity index (χ1) is 9.97. The lowest BCUT2D eigenvalue weighted by Crippen LogP contribution is -2.22. The Balaban J connectivity index is 1.97. The molecule has 4 heteroatoms. The van der Waals surface area contributed by atoms with Crippen LogP contribution in [-0.4, -0.2) is 12.5 Å². The van der Waals surface area contributed by atoms with Crippen molar-refractivity contribution in [3.05, 3.63) is 57.6 Å². The van der Waals surface area contributed by atoms with E-state index in [9.17, 15) is 4.79 Å². The lowest BCUT2D eigenvalue weighted by atomic mass is 10.1. The highest BCUT2D eigenvalue weighted by molar-refractivity contribution is 9.10. The molecule has 0 saturated carbocycles. The first-order valence-electron chi connectivity index (χ1n) is 6.83. The molecule has 1 amide bonds. The van der Waals surface area contributed by atoms with Gasteiger partial charge in [-0.3, -0.25) is 4.79 Å². The highest BCUT2D eigenvalue weighted by Gasteiger charge is 2.06. The molecule has 2 N–H and O–H groups in total. The fourth-order valence-electron chi connectivity index (χ4n) is 2.14. The van der Waals surface area contributed by atoms with Crippen LogP contribution in [0.3, 0.4) is 0 Å². The van der Waals surface area contributed by atoms with Crippen LogP contribution in [0.4, 0.5) is 11.4 Å². The van der Waals surface area contributed by atoms with Crippen molar-refractivity contribution < 1.29 is 4.79 Å². The van der Waals surface area contributed by atoms with Crippen molar-refractivity contribution in [2.75, 3.05) is 17.2 Å². The number of carbonyl (C=O) groups is 1. The number of nitrogens with one attached hydrogen (secondary N) is 2. The number of benzene rings is 2.